The van der Waals surface area contributed by atoms with Gasteiger partial charge in [0.05, 0.1) is 6.61 Å². The molecule has 13 heteroatoms. The van der Waals surface area contributed by atoms with Crippen molar-refractivity contribution in [2.75, 3.05) is 19.0 Å². The minimum absolute atomic E-state index is 0.160. The van der Waals surface area contributed by atoms with Crippen molar-refractivity contribution in [1.82, 2.24) is 0 Å². The molecule has 1 aliphatic heterocycles. The molecule has 0 aromatic rings. The van der Waals surface area contributed by atoms with Crippen LogP contribution in [0.2, 0.25) is 0 Å². The zero-order chi connectivity index (χ0) is 52.6. The van der Waals surface area contributed by atoms with E-state index in [0.717, 1.165) is 77.0 Å². The molecule has 0 bridgehead atoms. The van der Waals surface area contributed by atoms with Crippen molar-refractivity contribution in [1.29, 1.82) is 0 Å². The summed E-state index contributed by atoms with van der Waals surface area (Å²) in [5.74, 6) is -1.98. The van der Waals surface area contributed by atoms with Crippen LogP contribution >= 0.6 is 0 Å². The average molecular weight is 1040 g/mol. The smallest absolute Gasteiger partial charge is 0.306 e. The summed E-state index contributed by atoms with van der Waals surface area (Å²) in [6, 6.07) is 0. The van der Waals surface area contributed by atoms with Crippen LogP contribution in [0.4, 0.5) is 0 Å². The minimum atomic E-state index is -4.61. The van der Waals surface area contributed by atoms with Gasteiger partial charge in [0.2, 0.25) is 0 Å². The molecule has 1 aliphatic rings. The lowest BCUT2D eigenvalue weighted by Crippen LogP contribution is -2.60. The molecule has 0 spiro atoms. The van der Waals surface area contributed by atoms with Crippen molar-refractivity contribution in [3.05, 3.63) is 48.6 Å². The van der Waals surface area contributed by atoms with Crippen LogP contribution in [0.5, 0.6) is 0 Å². The first-order chi connectivity index (χ1) is 35.0. The third-order valence-corrected chi connectivity index (χ3v) is 14.2. The number of aliphatic hydroxyl groups is 3. The van der Waals surface area contributed by atoms with Gasteiger partial charge in [-0.15, -0.1) is 0 Å². The highest BCUT2D eigenvalue weighted by Crippen LogP contribution is 2.24. The van der Waals surface area contributed by atoms with Crippen LogP contribution in [0.25, 0.3) is 0 Å². The minimum Gasteiger partial charge on any atom is -0.462 e. The summed E-state index contributed by atoms with van der Waals surface area (Å²) in [5, 5.41) is 31.1. The number of carbonyl (C=O) groups is 2. The Labute approximate surface area is 439 Å². The molecule has 0 saturated carbocycles. The van der Waals surface area contributed by atoms with Gasteiger partial charge in [-0.2, -0.15) is 8.42 Å². The van der Waals surface area contributed by atoms with Gasteiger partial charge in [-0.3, -0.25) is 14.1 Å². The van der Waals surface area contributed by atoms with E-state index < -0.39 is 71.2 Å². The van der Waals surface area contributed by atoms with Crippen molar-refractivity contribution in [2.24, 2.45) is 0 Å². The Morgan fingerprint density at radius 1 is 0.486 bits per heavy atom. The van der Waals surface area contributed by atoms with Gasteiger partial charge >= 0.3 is 11.9 Å². The van der Waals surface area contributed by atoms with E-state index in [9.17, 15) is 37.9 Å². The van der Waals surface area contributed by atoms with E-state index in [-0.39, 0.29) is 19.4 Å². The van der Waals surface area contributed by atoms with Crippen molar-refractivity contribution >= 4 is 22.1 Å². The monoisotopic (exact) mass is 1040 g/mol. The Bertz CT molecular complexity index is 1500. The predicted octanol–water partition coefficient (Wildman–Crippen LogP) is 14.2. The van der Waals surface area contributed by atoms with E-state index >= 15 is 0 Å². The second kappa shape index (κ2) is 48.3. The maximum atomic E-state index is 12.9. The van der Waals surface area contributed by atoms with Gasteiger partial charge in [0.15, 0.2) is 12.4 Å². The van der Waals surface area contributed by atoms with E-state index in [1.54, 1.807) is 0 Å². The molecule has 72 heavy (non-hydrogen) atoms. The van der Waals surface area contributed by atoms with E-state index in [1.165, 1.54) is 141 Å². The number of unbranched alkanes of at least 4 members (excludes halogenated alkanes) is 30. The number of ether oxygens (including phenoxy) is 4. The molecule has 4 N–H and O–H groups in total. The van der Waals surface area contributed by atoms with Gasteiger partial charge < -0.3 is 34.3 Å². The highest BCUT2D eigenvalue weighted by molar-refractivity contribution is 7.85. The Balaban J connectivity index is 2.30. The van der Waals surface area contributed by atoms with Crippen LogP contribution in [0.15, 0.2) is 48.6 Å². The molecule has 0 amide bonds. The SMILES string of the molecule is CC/C=C\C/C=C\C/C=C\C/C=C\CCCCCCCCCCCCC(=O)OC(COC(=O)CCCCCCCCCCCCCCCCCCCCCCC)COC1OC(CS(=O)(=O)O)C(O)C(O)C1O. The van der Waals surface area contributed by atoms with Crippen LogP contribution in [0, 0.1) is 0 Å². The maximum absolute atomic E-state index is 12.9. The molecule has 0 radical (unpaired) electrons. The molecular weight excluding hydrogens is 933 g/mol. The largest absolute Gasteiger partial charge is 0.462 e. The lowest BCUT2D eigenvalue weighted by Gasteiger charge is -2.40. The fraction of sp³-hybridized carbons (Fsp3) is 0.831. The lowest BCUT2D eigenvalue weighted by molar-refractivity contribution is -0.297. The second-order valence-corrected chi connectivity index (χ2v) is 21.8. The van der Waals surface area contributed by atoms with Gasteiger partial charge in [-0.25, -0.2) is 0 Å². The highest BCUT2D eigenvalue weighted by atomic mass is 32.2. The first kappa shape index (κ1) is 67.6. The standard InChI is InChI=1S/C59H106O12S/c1-3-5-7-9-11-13-15-17-19-21-23-25-26-28-30-32-34-36-38-40-42-44-46-48-55(61)70-52(50-69-59-58(64)57(63)56(62)53(71-59)51-72(65,66)67)49-68-54(60)47-45-43-41-39-37-35-33-31-29-27-24-22-20-18-16-14-12-10-8-6-4-2/h5,7,11,13,17,19,23,25,52-53,56-59,62-64H,3-4,6,8-10,12,14-16,18,20-22,24,26-51H2,1-2H3,(H,65,66,67)/b7-5-,13-11-,19-17-,25-23-. The number of carbonyl (C=O) groups excluding carboxylic acids is 2. The summed E-state index contributed by atoms with van der Waals surface area (Å²) in [7, 11) is -4.61. The summed E-state index contributed by atoms with van der Waals surface area (Å²) in [5.41, 5.74) is 0. The van der Waals surface area contributed by atoms with E-state index in [4.69, 9.17) is 18.9 Å². The molecule has 1 fully saturated rings. The summed E-state index contributed by atoms with van der Waals surface area (Å²) in [4.78, 5) is 25.6. The normalized spacial score (nSPS) is 19.1. The van der Waals surface area contributed by atoms with Crippen LogP contribution in [0.3, 0.4) is 0 Å². The van der Waals surface area contributed by atoms with Gasteiger partial charge in [0.1, 0.15) is 36.8 Å². The molecule has 6 atom stereocenters. The number of esters is 2. The van der Waals surface area contributed by atoms with E-state index in [2.05, 4.69) is 62.5 Å². The molecule has 12 nitrogen and oxygen atoms in total. The van der Waals surface area contributed by atoms with Crippen molar-refractivity contribution in [3.8, 4) is 0 Å². The number of rotatable bonds is 50. The number of hydrogen-bond acceptors (Lipinski definition) is 11. The molecular formula is C59H106O12S. The van der Waals surface area contributed by atoms with Crippen molar-refractivity contribution in [3.63, 3.8) is 0 Å². The van der Waals surface area contributed by atoms with Crippen LogP contribution < -0.4 is 0 Å². The van der Waals surface area contributed by atoms with Crippen LogP contribution in [0.1, 0.15) is 258 Å². The molecule has 0 aliphatic carbocycles. The molecule has 1 heterocycles. The zero-order valence-corrected chi connectivity index (χ0v) is 46.4. The molecule has 6 unspecified atom stereocenters. The summed E-state index contributed by atoms with van der Waals surface area (Å²) in [6.45, 7) is 3.70. The number of allylic oxidation sites excluding steroid dienone is 8. The molecule has 420 valence electrons. The number of hydrogen-bond donors (Lipinski definition) is 4. The number of aliphatic hydroxyl groups excluding tert-OH is 3. The zero-order valence-electron chi connectivity index (χ0n) is 45.5. The maximum Gasteiger partial charge on any atom is 0.306 e. The van der Waals surface area contributed by atoms with Crippen LogP contribution in [-0.2, 0) is 38.7 Å². The molecule has 1 rings (SSSR count). The summed E-state index contributed by atoms with van der Waals surface area (Å²) >= 11 is 0. The molecule has 1 saturated heterocycles. The summed E-state index contributed by atoms with van der Waals surface area (Å²) < 4.78 is 54.4. The van der Waals surface area contributed by atoms with Crippen molar-refractivity contribution < 1.29 is 56.8 Å². The van der Waals surface area contributed by atoms with Crippen LogP contribution in [-0.4, -0.2) is 96.0 Å². The van der Waals surface area contributed by atoms with E-state index in [0.29, 0.717) is 12.8 Å². The van der Waals surface area contributed by atoms with Gasteiger partial charge in [0, 0.05) is 12.8 Å². The average Bonchev–Trinajstić information content (AvgIpc) is 3.35. The first-order valence-corrected chi connectivity index (χ1v) is 30.8. The van der Waals surface area contributed by atoms with E-state index in [1.807, 2.05) is 0 Å². The summed E-state index contributed by atoms with van der Waals surface area (Å²) in [6.07, 6.45) is 51.5. The van der Waals surface area contributed by atoms with Gasteiger partial charge in [-0.05, 0) is 51.4 Å². The Hall–Kier alpha value is -2.39. The Morgan fingerprint density at radius 3 is 1.31 bits per heavy atom. The Morgan fingerprint density at radius 2 is 0.875 bits per heavy atom. The Kier molecular flexibility index (Phi) is 45.3. The predicted molar refractivity (Wildman–Crippen MR) is 293 cm³/mol. The van der Waals surface area contributed by atoms with Crippen molar-refractivity contribution in [2.45, 2.75) is 295 Å². The first-order valence-electron chi connectivity index (χ1n) is 29.2. The highest BCUT2D eigenvalue weighted by Gasteiger charge is 2.46. The molecule has 0 aromatic heterocycles. The fourth-order valence-electron chi connectivity index (χ4n) is 8.97. The van der Waals surface area contributed by atoms with Gasteiger partial charge in [0.25, 0.3) is 10.1 Å². The second-order valence-electron chi connectivity index (χ2n) is 20.3. The third kappa shape index (κ3) is 41.9. The quantitative estimate of drug-likeness (QED) is 0.0196. The topological polar surface area (TPSA) is 186 Å². The lowest BCUT2D eigenvalue weighted by atomic mass is 10.00. The van der Waals surface area contributed by atoms with Gasteiger partial charge in [-0.1, -0.05) is 242 Å². The third-order valence-electron chi connectivity index (χ3n) is 13.4. The molecule has 0 aromatic carbocycles. The fourth-order valence-corrected chi connectivity index (χ4v) is 9.66.